The Hall–Kier alpha value is -0.805. The van der Waals surface area contributed by atoms with Crippen molar-refractivity contribution >= 4 is 13.0 Å². The van der Waals surface area contributed by atoms with Gasteiger partial charge in [0, 0.05) is 13.5 Å². The molecule has 1 saturated heterocycles. The summed E-state index contributed by atoms with van der Waals surface area (Å²) >= 11 is 0. The van der Waals surface area contributed by atoms with Crippen molar-refractivity contribution in [2.75, 3.05) is 6.54 Å². The standard InChI is InChI=1S/C15H26BNO3/c1-11(18)17-9-8-12(10-13(17,2)3)16-19-14(4,5)15(6,7)20-16/h10H,8-9H2,1-7H3. The van der Waals surface area contributed by atoms with Crippen molar-refractivity contribution in [3.05, 3.63) is 11.5 Å². The van der Waals surface area contributed by atoms with E-state index in [1.807, 2.05) is 4.90 Å². The molecule has 2 aliphatic rings. The molecule has 0 aliphatic carbocycles. The maximum absolute atomic E-state index is 11.7. The lowest BCUT2D eigenvalue weighted by Gasteiger charge is -2.40. The van der Waals surface area contributed by atoms with Gasteiger partial charge in [0.25, 0.3) is 0 Å². The van der Waals surface area contributed by atoms with Gasteiger partial charge in [-0.1, -0.05) is 6.08 Å². The van der Waals surface area contributed by atoms with E-state index in [-0.39, 0.29) is 29.8 Å². The molecule has 2 aliphatic heterocycles. The molecule has 0 aromatic rings. The van der Waals surface area contributed by atoms with Crippen LogP contribution in [0.5, 0.6) is 0 Å². The fraction of sp³-hybridized carbons (Fsp3) is 0.800. The monoisotopic (exact) mass is 279 g/mol. The average Bonchev–Trinajstić information content (AvgIpc) is 2.46. The molecule has 112 valence electrons. The summed E-state index contributed by atoms with van der Waals surface area (Å²) in [4.78, 5) is 13.6. The highest BCUT2D eigenvalue weighted by Crippen LogP contribution is 2.40. The van der Waals surface area contributed by atoms with Gasteiger partial charge in [0.15, 0.2) is 0 Å². The summed E-state index contributed by atoms with van der Waals surface area (Å²) in [6.45, 7) is 14.7. The van der Waals surface area contributed by atoms with Crippen molar-refractivity contribution in [2.24, 2.45) is 0 Å². The first kappa shape index (κ1) is 15.6. The van der Waals surface area contributed by atoms with Crippen LogP contribution in [0.25, 0.3) is 0 Å². The highest BCUT2D eigenvalue weighted by molar-refractivity contribution is 6.54. The maximum atomic E-state index is 11.7. The lowest BCUT2D eigenvalue weighted by atomic mass is 9.71. The van der Waals surface area contributed by atoms with E-state index in [1.54, 1.807) is 6.92 Å². The highest BCUT2D eigenvalue weighted by Gasteiger charge is 2.53. The molecule has 2 rings (SSSR count). The molecule has 20 heavy (non-hydrogen) atoms. The van der Waals surface area contributed by atoms with Crippen LogP contribution in [0.1, 0.15) is 54.9 Å². The number of amides is 1. The molecule has 5 heteroatoms. The smallest absolute Gasteiger partial charge is 0.400 e. The van der Waals surface area contributed by atoms with E-state index in [4.69, 9.17) is 9.31 Å². The number of carbonyl (C=O) groups is 1. The molecule has 1 fully saturated rings. The molecular formula is C15H26BNO3. The number of nitrogens with zero attached hydrogens (tertiary/aromatic N) is 1. The third kappa shape index (κ3) is 2.53. The maximum Gasteiger partial charge on any atom is 0.490 e. The highest BCUT2D eigenvalue weighted by atomic mass is 16.7. The Bertz CT molecular complexity index is 438. The normalized spacial score (nSPS) is 27.4. The summed E-state index contributed by atoms with van der Waals surface area (Å²) in [5.41, 5.74) is 0.218. The largest absolute Gasteiger partial charge is 0.490 e. The molecule has 0 aromatic carbocycles. The molecule has 1 amide bonds. The molecule has 0 unspecified atom stereocenters. The molecule has 4 nitrogen and oxygen atoms in total. The molecular weight excluding hydrogens is 253 g/mol. The van der Waals surface area contributed by atoms with Gasteiger partial charge in [-0.2, -0.15) is 0 Å². The van der Waals surface area contributed by atoms with E-state index in [2.05, 4.69) is 47.6 Å². The second-order valence-electron chi connectivity index (χ2n) is 7.38. The van der Waals surface area contributed by atoms with Crippen LogP contribution < -0.4 is 0 Å². The van der Waals surface area contributed by atoms with Crippen LogP contribution in [-0.4, -0.2) is 41.2 Å². The van der Waals surface area contributed by atoms with Gasteiger partial charge in [0.1, 0.15) is 0 Å². The Kier molecular flexibility index (Phi) is 3.58. The van der Waals surface area contributed by atoms with E-state index in [9.17, 15) is 4.79 Å². The second-order valence-corrected chi connectivity index (χ2v) is 7.38. The summed E-state index contributed by atoms with van der Waals surface area (Å²) in [6, 6.07) is 0. The van der Waals surface area contributed by atoms with Gasteiger partial charge in [-0.15, -0.1) is 0 Å². The van der Waals surface area contributed by atoms with Gasteiger partial charge < -0.3 is 14.2 Å². The first-order chi connectivity index (χ1) is 8.96. The van der Waals surface area contributed by atoms with Crippen molar-refractivity contribution in [3.63, 3.8) is 0 Å². The van der Waals surface area contributed by atoms with Crippen LogP contribution in [0.15, 0.2) is 11.5 Å². The summed E-state index contributed by atoms with van der Waals surface area (Å²) in [7, 11) is -0.298. The summed E-state index contributed by atoms with van der Waals surface area (Å²) in [5, 5.41) is 0. The predicted octanol–water partition coefficient (Wildman–Crippen LogP) is 2.58. The molecule has 0 bridgehead atoms. The lowest BCUT2D eigenvalue weighted by molar-refractivity contribution is -0.132. The van der Waals surface area contributed by atoms with E-state index in [1.165, 1.54) is 0 Å². The van der Waals surface area contributed by atoms with Gasteiger partial charge in [0.2, 0.25) is 5.91 Å². The fourth-order valence-corrected chi connectivity index (χ4v) is 2.88. The molecule has 0 aromatic heterocycles. The first-order valence-electron chi connectivity index (χ1n) is 7.32. The van der Waals surface area contributed by atoms with E-state index in [0.717, 1.165) is 18.4 Å². The van der Waals surface area contributed by atoms with E-state index >= 15 is 0 Å². The van der Waals surface area contributed by atoms with E-state index < -0.39 is 0 Å². The van der Waals surface area contributed by atoms with Crippen LogP contribution in [0, 0.1) is 0 Å². The quantitative estimate of drug-likeness (QED) is 0.692. The predicted molar refractivity (Wildman–Crippen MR) is 80.2 cm³/mol. The Morgan fingerprint density at radius 2 is 1.65 bits per heavy atom. The average molecular weight is 279 g/mol. The number of rotatable bonds is 1. The minimum atomic E-state index is -0.319. The zero-order valence-electron chi connectivity index (χ0n) is 13.7. The number of carbonyl (C=O) groups excluding carboxylic acids is 1. The Morgan fingerprint density at radius 3 is 2.05 bits per heavy atom. The molecule has 0 N–H and O–H groups in total. The summed E-state index contributed by atoms with van der Waals surface area (Å²) < 4.78 is 12.2. The Labute approximate surface area is 122 Å². The first-order valence-corrected chi connectivity index (χ1v) is 7.32. The third-order valence-corrected chi connectivity index (χ3v) is 4.79. The zero-order chi connectivity index (χ0) is 15.3. The zero-order valence-corrected chi connectivity index (χ0v) is 13.7. The number of hydrogen-bond donors (Lipinski definition) is 0. The van der Waals surface area contributed by atoms with Crippen molar-refractivity contribution < 1.29 is 14.1 Å². The number of hydrogen-bond acceptors (Lipinski definition) is 3. The van der Waals surface area contributed by atoms with Gasteiger partial charge in [0.05, 0.1) is 16.7 Å². The molecule has 2 heterocycles. The molecule has 0 atom stereocenters. The molecule has 0 spiro atoms. The van der Waals surface area contributed by atoms with Crippen molar-refractivity contribution in [2.45, 2.75) is 71.6 Å². The Morgan fingerprint density at radius 1 is 1.15 bits per heavy atom. The van der Waals surface area contributed by atoms with Gasteiger partial charge in [-0.3, -0.25) is 4.79 Å². The third-order valence-electron chi connectivity index (χ3n) is 4.79. The minimum Gasteiger partial charge on any atom is -0.400 e. The van der Waals surface area contributed by atoms with Crippen molar-refractivity contribution in [1.29, 1.82) is 0 Å². The lowest BCUT2D eigenvalue weighted by Crippen LogP contribution is -2.49. The fourth-order valence-electron chi connectivity index (χ4n) is 2.88. The Balaban J connectivity index is 2.23. The van der Waals surface area contributed by atoms with Crippen LogP contribution >= 0.6 is 0 Å². The van der Waals surface area contributed by atoms with Crippen LogP contribution in [0.2, 0.25) is 0 Å². The van der Waals surface area contributed by atoms with Crippen molar-refractivity contribution in [3.8, 4) is 0 Å². The second kappa shape index (κ2) is 4.60. The van der Waals surface area contributed by atoms with Crippen LogP contribution in [-0.2, 0) is 14.1 Å². The van der Waals surface area contributed by atoms with Crippen LogP contribution in [0.3, 0.4) is 0 Å². The van der Waals surface area contributed by atoms with Gasteiger partial charge in [-0.05, 0) is 53.4 Å². The van der Waals surface area contributed by atoms with Crippen LogP contribution in [0.4, 0.5) is 0 Å². The van der Waals surface area contributed by atoms with Gasteiger partial charge >= 0.3 is 7.12 Å². The summed E-state index contributed by atoms with van der Waals surface area (Å²) in [5.74, 6) is 0.110. The van der Waals surface area contributed by atoms with Crippen molar-refractivity contribution in [1.82, 2.24) is 4.90 Å². The summed E-state index contributed by atoms with van der Waals surface area (Å²) in [6.07, 6.45) is 2.93. The molecule has 0 radical (unpaired) electrons. The topological polar surface area (TPSA) is 38.8 Å². The van der Waals surface area contributed by atoms with Gasteiger partial charge in [-0.25, -0.2) is 0 Å². The molecule has 0 saturated carbocycles. The SMILES string of the molecule is CC(=O)N1CCC(B2OC(C)(C)C(C)(C)O2)=CC1(C)C. The van der Waals surface area contributed by atoms with E-state index in [0.29, 0.717) is 0 Å². The minimum absolute atomic E-state index is 0.110.